The molecule has 0 bridgehead atoms. The lowest BCUT2D eigenvalue weighted by atomic mass is 10.1. The first-order chi connectivity index (χ1) is 14.8. The molecule has 1 atom stereocenters. The molecular weight excluding hydrogens is 416 g/mol. The number of nitrogens with one attached hydrogen (secondary N) is 2. The molecule has 8 heteroatoms. The van der Waals surface area contributed by atoms with Crippen LogP contribution in [0.1, 0.15) is 12.5 Å². The number of carbonyl (C=O) groups excluding carboxylic acids is 2. The minimum absolute atomic E-state index is 0.0589. The molecule has 31 heavy (non-hydrogen) atoms. The van der Waals surface area contributed by atoms with E-state index in [1.165, 1.54) is 6.07 Å². The van der Waals surface area contributed by atoms with Crippen molar-refractivity contribution in [2.24, 2.45) is 0 Å². The predicted molar refractivity (Wildman–Crippen MR) is 123 cm³/mol. The molecule has 0 spiro atoms. The summed E-state index contributed by atoms with van der Waals surface area (Å²) in [5.74, 6) is -1.23. The second-order valence-electron chi connectivity index (χ2n) is 7.81. The standard InChI is InChI=1S/C23H23ClN4O3/c1-14-11-18(5-6-19(14)24)28-10-9-27(13-15(28)2)23(31)22(30)25-17-4-7-20-16(12-17)3-8-21(29)26-20/h3-8,11-12,15H,9-10,13H2,1-2H3,(H,25,30)(H,26,29)/t15-/m1/s1. The normalized spacial score (nSPS) is 16.4. The number of amides is 2. The van der Waals surface area contributed by atoms with Gasteiger partial charge in [-0.15, -0.1) is 0 Å². The van der Waals surface area contributed by atoms with Gasteiger partial charge in [-0.3, -0.25) is 14.4 Å². The lowest BCUT2D eigenvalue weighted by molar-refractivity contribution is -0.143. The molecular formula is C23H23ClN4O3. The number of rotatable bonds is 2. The van der Waals surface area contributed by atoms with E-state index in [2.05, 4.69) is 15.2 Å². The fourth-order valence-electron chi connectivity index (χ4n) is 3.89. The maximum absolute atomic E-state index is 12.7. The summed E-state index contributed by atoms with van der Waals surface area (Å²) in [6.07, 6.45) is 0. The smallest absolute Gasteiger partial charge is 0.313 e. The molecule has 3 aromatic rings. The molecule has 0 radical (unpaired) electrons. The van der Waals surface area contributed by atoms with Crippen molar-refractivity contribution in [2.45, 2.75) is 19.9 Å². The number of aromatic nitrogens is 1. The fraction of sp³-hybridized carbons (Fsp3) is 0.261. The van der Waals surface area contributed by atoms with Crippen LogP contribution in [0.15, 0.2) is 53.3 Å². The Hall–Kier alpha value is -3.32. The van der Waals surface area contributed by atoms with Gasteiger partial charge in [0.25, 0.3) is 0 Å². The van der Waals surface area contributed by atoms with E-state index in [4.69, 9.17) is 11.6 Å². The van der Waals surface area contributed by atoms with Crippen molar-refractivity contribution in [3.8, 4) is 0 Å². The van der Waals surface area contributed by atoms with Crippen molar-refractivity contribution in [1.82, 2.24) is 9.88 Å². The van der Waals surface area contributed by atoms with E-state index in [9.17, 15) is 14.4 Å². The molecule has 1 fully saturated rings. The van der Waals surface area contributed by atoms with Crippen LogP contribution in [0.4, 0.5) is 11.4 Å². The summed E-state index contributed by atoms with van der Waals surface area (Å²) < 4.78 is 0. The number of aryl methyl sites for hydroxylation is 1. The number of piperazine rings is 1. The summed E-state index contributed by atoms with van der Waals surface area (Å²) in [5.41, 5.74) is 3.03. The lowest BCUT2D eigenvalue weighted by Crippen LogP contribution is -2.55. The Morgan fingerprint density at radius 1 is 1.10 bits per heavy atom. The molecule has 2 heterocycles. The third-order valence-electron chi connectivity index (χ3n) is 5.56. The summed E-state index contributed by atoms with van der Waals surface area (Å²) in [7, 11) is 0. The highest BCUT2D eigenvalue weighted by Gasteiger charge is 2.30. The van der Waals surface area contributed by atoms with E-state index in [0.29, 0.717) is 30.8 Å². The van der Waals surface area contributed by atoms with Gasteiger partial charge in [-0.25, -0.2) is 0 Å². The number of carbonyl (C=O) groups is 2. The van der Waals surface area contributed by atoms with Gasteiger partial charge >= 0.3 is 11.8 Å². The SMILES string of the molecule is Cc1cc(N2CCN(C(=O)C(=O)Nc3ccc4[nH]c(=O)ccc4c3)C[C@H]2C)ccc1Cl. The Labute approximate surface area is 184 Å². The molecule has 1 saturated heterocycles. The van der Waals surface area contributed by atoms with Gasteiger partial charge in [-0.2, -0.15) is 0 Å². The van der Waals surface area contributed by atoms with E-state index in [0.717, 1.165) is 21.7 Å². The number of aromatic amines is 1. The van der Waals surface area contributed by atoms with Crippen LogP contribution < -0.4 is 15.8 Å². The van der Waals surface area contributed by atoms with Crippen molar-refractivity contribution in [2.75, 3.05) is 29.9 Å². The quantitative estimate of drug-likeness (QED) is 0.602. The number of benzene rings is 2. The van der Waals surface area contributed by atoms with Gasteiger partial charge in [-0.05, 0) is 61.9 Å². The number of H-pyrrole nitrogens is 1. The Balaban J connectivity index is 1.41. The Morgan fingerprint density at radius 3 is 2.65 bits per heavy atom. The molecule has 7 nitrogen and oxygen atoms in total. The van der Waals surface area contributed by atoms with Crippen LogP contribution in [0.3, 0.4) is 0 Å². The van der Waals surface area contributed by atoms with Crippen LogP contribution in [0.5, 0.6) is 0 Å². The monoisotopic (exact) mass is 438 g/mol. The number of fused-ring (bicyclic) bond motifs is 1. The first-order valence-corrected chi connectivity index (χ1v) is 10.5. The number of nitrogens with zero attached hydrogens (tertiary/aromatic N) is 2. The van der Waals surface area contributed by atoms with Gasteiger partial charge in [-0.1, -0.05) is 11.6 Å². The average molecular weight is 439 g/mol. The molecule has 160 valence electrons. The zero-order valence-electron chi connectivity index (χ0n) is 17.3. The van der Waals surface area contributed by atoms with E-state index < -0.39 is 11.8 Å². The molecule has 1 aliphatic heterocycles. The van der Waals surface area contributed by atoms with Crippen LogP contribution in [0.25, 0.3) is 10.9 Å². The zero-order valence-corrected chi connectivity index (χ0v) is 18.1. The van der Waals surface area contributed by atoms with Gasteiger partial charge < -0.3 is 20.1 Å². The van der Waals surface area contributed by atoms with Crippen LogP contribution in [0, 0.1) is 6.92 Å². The van der Waals surface area contributed by atoms with Gasteiger partial charge in [0.2, 0.25) is 5.56 Å². The molecule has 2 N–H and O–H groups in total. The van der Waals surface area contributed by atoms with E-state index in [1.54, 1.807) is 29.2 Å². The van der Waals surface area contributed by atoms with Crippen molar-refractivity contribution in [1.29, 1.82) is 0 Å². The van der Waals surface area contributed by atoms with Crippen molar-refractivity contribution in [3.63, 3.8) is 0 Å². The Bertz CT molecular complexity index is 1220. The van der Waals surface area contributed by atoms with E-state index >= 15 is 0 Å². The maximum atomic E-state index is 12.7. The van der Waals surface area contributed by atoms with Crippen LogP contribution in [-0.2, 0) is 9.59 Å². The number of hydrogen-bond donors (Lipinski definition) is 2. The first kappa shape index (κ1) is 20.9. The zero-order chi connectivity index (χ0) is 22.1. The third kappa shape index (κ3) is 4.41. The summed E-state index contributed by atoms with van der Waals surface area (Å²) in [6.45, 7) is 5.53. The molecule has 2 amide bonds. The topological polar surface area (TPSA) is 85.5 Å². The third-order valence-corrected chi connectivity index (χ3v) is 5.99. The minimum Gasteiger partial charge on any atom is -0.365 e. The summed E-state index contributed by atoms with van der Waals surface area (Å²) in [4.78, 5) is 43.2. The lowest BCUT2D eigenvalue weighted by Gasteiger charge is -2.41. The van der Waals surface area contributed by atoms with Crippen LogP contribution in [-0.4, -0.2) is 47.4 Å². The van der Waals surface area contributed by atoms with Crippen molar-refractivity contribution >= 4 is 45.7 Å². The number of hydrogen-bond acceptors (Lipinski definition) is 4. The van der Waals surface area contributed by atoms with Gasteiger partial charge in [0.1, 0.15) is 0 Å². The van der Waals surface area contributed by atoms with Crippen molar-refractivity contribution in [3.05, 3.63) is 69.5 Å². The fourth-order valence-corrected chi connectivity index (χ4v) is 4.01. The highest BCUT2D eigenvalue weighted by Crippen LogP contribution is 2.26. The van der Waals surface area contributed by atoms with Gasteiger partial charge in [0.05, 0.1) is 0 Å². The maximum Gasteiger partial charge on any atom is 0.313 e. The van der Waals surface area contributed by atoms with Crippen LogP contribution in [0.2, 0.25) is 5.02 Å². The Kier molecular flexibility index (Phi) is 5.69. The molecule has 0 aliphatic carbocycles. The molecule has 1 aromatic heterocycles. The molecule has 4 rings (SSSR count). The van der Waals surface area contributed by atoms with E-state index in [-0.39, 0.29) is 11.6 Å². The number of pyridine rings is 1. The number of anilines is 2. The minimum atomic E-state index is -0.674. The van der Waals surface area contributed by atoms with Gasteiger partial charge in [0.15, 0.2) is 0 Å². The first-order valence-electron chi connectivity index (χ1n) is 10.1. The van der Waals surface area contributed by atoms with Crippen LogP contribution >= 0.6 is 11.6 Å². The molecule has 0 saturated carbocycles. The largest absolute Gasteiger partial charge is 0.365 e. The van der Waals surface area contributed by atoms with E-state index in [1.807, 2.05) is 32.0 Å². The number of halogens is 1. The molecule has 2 aromatic carbocycles. The molecule has 1 aliphatic rings. The second-order valence-corrected chi connectivity index (χ2v) is 8.21. The van der Waals surface area contributed by atoms with Crippen molar-refractivity contribution < 1.29 is 9.59 Å². The highest BCUT2D eigenvalue weighted by atomic mass is 35.5. The van der Waals surface area contributed by atoms with Gasteiger partial charge in [0, 0.05) is 59.0 Å². The Morgan fingerprint density at radius 2 is 1.90 bits per heavy atom. The highest BCUT2D eigenvalue weighted by molar-refractivity contribution is 6.39. The average Bonchev–Trinajstić information content (AvgIpc) is 2.75. The summed E-state index contributed by atoms with van der Waals surface area (Å²) in [6, 6.07) is 14.1. The predicted octanol–water partition coefficient (Wildman–Crippen LogP) is 3.17. The summed E-state index contributed by atoms with van der Waals surface area (Å²) >= 11 is 6.13. The molecule has 0 unspecified atom stereocenters. The summed E-state index contributed by atoms with van der Waals surface area (Å²) in [5, 5.41) is 4.16. The second kappa shape index (κ2) is 8.43.